The molecule has 3 heterocycles. The molecule has 3 rings (SSSR count). The second-order valence-electron chi connectivity index (χ2n) is 5.42. The average Bonchev–Trinajstić information content (AvgIpc) is 2.59. The predicted octanol–water partition coefficient (Wildman–Crippen LogP) is 5.77. The molecule has 0 aliphatic carbocycles. The van der Waals surface area contributed by atoms with Crippen LogP contribution < -0.4 is 9.47 Å². The van der Waals surface area contributed by atoms with Crippen molar-refractivity contribution in [2.75, 3.05) is 0 Å². The fraction of sp³-hybridized carbons (Fsp3) is 0.118. The van der Waals surface area contributed by atoms with Gasteiger partial charge in [0, 0.05) is 35.8 Å². The van der Waals surface area contributed by atoms with E-state index in [2.05, 4.69) is 40.4 Å². The number of alkyl halides is 6. The fourth-order valence-electron chi connectivity index (χ4n) is 2.33. The van der Waals surface area contributed by atoms with Crippen molar-refractivity contribution in [1.82, 2.24) is 15.0 Å². The van der Waals surface area contributed by atoms with Crippen molar-refractivity contribution in [3.05, 3.63) is 53.5 Å². The van der Waals surface area contributed by atoms with Crippen LogP contribution in [-0.2, 0) is 0 Å². The van der Waals surface area contributed by atoms with Gasteiger partial charge in [0.25, 0.3) is 0 Å². The topological polar surface area (TPSA) is 57.1 Å². The van der Waals surface area contributed by atoms with Crippen molar-refractivity contribution in [2.24, 2.45) is 0 Å². The zero-order chi connectivity index (χ0) is 21.2. The molecule has 29 heavy (non-hydrogen) atoms. The van der Waals surface area contributed by atoms with Crippen molar-refractivity contribution in [3.63, 3.8) is 0 Å². The Hall–Kier alpha value is -2.89. The molecule has 0 amide bonds. The fourth-order valence-corrected chi connectivity index (χ4v) is 2.69. The van der Waals surface area contributed by atoms with E-state index in [9.17, 15) is 26.3 Å². The molecule has 0 saturated carbocycles. The number of nitrogens with zero attached hydrogens (tertiary/aromatic N) is 3. The molecule has 0 atom stereocenters. The molecule has 0 aliphatic rings. The Kier molecular flexibility index (Phi) is 5.64. The Balaban J connectivity index is 2.08. The van der Waals surface area contributed by atoms with Gasteiger partial charge >= 0.3 is 12.7 Å². The molecule has 0 radical (unpaired) electrons. The van der Waals surface area contributed by atoms with E-state index in [-0.39, 0.29) is 22.4 Å². The third kappa shape index (κ3) is 5.79. The highest BCUT2D eigenvalue weighted by atomic mass is 79.9. The second kappa shape index (κ2) is 7.85. The van der Waals surface area contributed by atoms with Crippen LogP contribution in [0, 0.1) is 0 Å². The first-order valence-electron chi connectivity index (χ1n) is 7.60. The standard InChI is InChI=1S/C17H8BrF6N3O2/c18-14-6-9(1-3-26-14)12-5-10(8-27-15(12)29-17(22,23)24)13-7-11(2-4-25-13)28-16(19,20)21/h1-8H. The van der Waals surface area contributed by atoms with E-state index >= 15 is 0 Å². The molecule has 0 N–H and O–H groups in total. The Bertz CT molecular complexity index is 1030. The van der Waals surface area contributed by atoms with Gasteiger partial charge < -0.3 is 9.47 Å². The third-order valence-electron chi connectivity index (χ3n) is 3.36. The van der Waals surface area contributed by atoms with E-state index in [1.807, 2.05) is 0 Å². The molecular weight excluding hydrogens is 472 g/mol. The highest BCUT2D eigenvalue weighted by Crippen LogP contribution is 2.36. The first kappa shape index (κ1) is 20.8. The van der Waals surface area contributed by atoms with E-state index in [0.717, 1.165) is 24.5 Å². The highest BCUT2D eigenvalue weighted by Gasteiger charge is 2.33. The number of halogens is 7. The average molecular weight is 480 g/mol. The molecule has 0 unspecified atom stereocenters. The van der Waals surface area contributed by atoms with Crippen LogP contribution in [0.25, 0.3) is 22.4 Å². The van der Waals surface area contributed by atoms with Gasteiger partial charge in [-0.2, -0.15) is 0 Å². The minimum absolute atomic E-state index is 0.00665. The first-order chi connectivity index (χ1) is 13.5. The third-order valence-corrected chi connectivity index (χ3v) is 3.80. The van der Waals surface area contributed by atoms with Crippen LogP contribution in [0.15, 0.2) is 53.5 Å². The Morgan fingerprint density at radius 3 is 2.10 bits per heavy atom. The number of pyridine rings is 3. The summed E-state index contributed by atoms with van der Waals surface area (Å²) < 4.78 is 83.6. The summed E-state index contributed by atoms with van der Waals surface area (Å²) in [6.45, 7) is 0. The van der Waals surface area contributed by atoms with Crippen molar-refractivity contribution in [1.29, 1.82) is 0 Å². The molecule has 152 valence electrons. The van der Waals surface area contributed by atoms with Crippen molar-refractivity contribution in [3.8, 4) is 34.0 Å². The van der Waals surface area contributed by atoms with Gasteiger partial charge in [-0.3, -0.25) is 4.98 Å². The van der Waals surface area contributed by atoms with Crippen LogP contribution in [0.4, 0.5) is 26.3 Å². The Morgan fingerprint density at radius 2 is 1.45 bits per heavy atom. The lowest BCUT2D eigenvalue weighted by Crippen LogP contribution is -2.18. The number of ether oxygens (including phenoxy) is 2. The Morgan fingerprint density at radius 1 is 0.759 bits per heavy atom. The van der Waals surface area contributed by atoms with Crippen LogP contribution >= 0.6 is 15.9 Å². The summed E-state index contributed by atoms with van der Waals surface area (Å²) in [5.74, 6) is -1.27. The summed E-state index contributed by atoms with van der Waals surface area (Å²) >= 11 is 3.12. The lowest BCUT2D eigenvalue weighted by Gasteiger charge is -2.14. The van der Waals surface area contributed by atoms with Crippen LogP contribution in [0.5, 0.6) is 11.6 Å². The summed E-state index contributed by atoms with van der Waals surface area (Å²) in [7, 11) is 0. The quantitative estimate of drug-likeness (QED) is 0.351. The zero-order valence-electron chi connectivity index (χ0n) is 13.9. The Labute approximate surface area is 167 Å². The lowest BCUT2D eigenvalue weighted by molar-refractivity contribution is -0.276. The van der Waals surface area contributed by atoms with Gasteiger partial charge in [0.15, 0.2) is 0 Å². The summed E-state index contributed by atoms with van der Waals surface area (Å²) in [6.07, 6.45) is -6.48. The molecule has 0 bridgehead atoms. The molecule has 3 aromatic rings. The van der Waals surface area contributed by atoms with E-state index < -0.39 is 24.4 Å². The van der Waals surface area contributed by atoms with Gasteiger partial charge in [0.1, 0.15) is 10.4 Å². The normalized spacial score (nSPS) is 12.0. The van der Waals surface area contributed by atoms with Crippen molar-refractivity contribution < 1.29 is 35.8 Å². The summed E-state index contributed by atoms with van der Waals surface area (Å²) in [5.41, 5.74) is 0.373. The van der Waals surface area contributed by atoms with E-state index in [1.54, 1.807) is 0 Å². The molecule has 0 aliphatic heterocycles. The minimum Gasteiger partial charge on any atom is -0.406 e. The molecule has 0 fully saturated rings. The molecule has 3 aromatic heterocycles. The maximum atomic E-state index is 12.7. The van der Waals surface area contributed by atoms with Gasteiger partial charge in [-0.05, 0) is 45.8 Å². The van der Waals surface area contributed by atoms with Gasteiger partial charge in [0.05, 0.1) is 5.69 Å². The molecule has 0 aromatic carbocycles. The van der Waals surface area contributed by atoms with Gasteiger partial charge in [0.2, 0.25) is 5.88 Å². The van der Waals surface area contributed by atoms with Crippen LogP contribution in [0.2, 0.25) is 0 Å². The molecule has 0 spiro atoms. The van der Waals surface area contributed by atoms with Gasteiger partial charge in [-0.15, -0.1) is 26.3 Å². The molecular formula is C17H8BrF6N3O2. The smallest absolute Gasteiger partial charge is 0.406 e. The van der Waals surface area contributed by atoms with E-state index in [0.29, 0.717) is 4.60 Å². The van der Waals surface area contributed by atoms with Gasteiger partial charge in [-0.25, -0.2) is 9.97 Å². The predicted molar refractivity (Wildman–Crippen MR) is 91.8 cm³/mol. The van der Waals surface area contributed by atoms with Crippen LogP contribution in [0.3, 0.4) is 0 Å². The first-order valence-corrected chi connectivity index (χ1v) is 8.39. The second-order valence-corrected chi connectivity index (χ2v) is 6.23. The SMILES string of the molecule is FC(F)(F)Oc1ccnc(-c2cnc(OC(F)(F)F)c(-c3ccnc(Br)c3)c2)c1. The summed E-state index contributed by atoms with van der Waals surface area (Å²) in [4.78, 5) is 11.5. The van der Waals surface area contributed by atoms with Gasteiger partial charge in [-0.1, -0.05) is 0 Å². The number of aromatic nitrogens is 3. The monoisotopic (exact) mass is 479 g/mol. The van der Waals surface area contributed by atoms with E-state index in [1.165, 1.54) is 24.4 Å². The maximum Gasteiger partial charge on any atom is 0.574 e. The number of hydrogen-bond acceptors (Lipinski definition) is 5. The number of rotatable bonds is 4. The van der Waals surface area contributed by atoms with Crippen LogP contribution in [0.1, 0.15) is 0 Å². The zero-order valence-corrected chi connectivity index (χ0v) is 15.5. The lowest BCUT2D eigenvalue weighted by atomic mass is 10.0. The van der Waals surface area contributed by atoms with Crippen molar-refractivity contribution in [2.45, 2.75) is 12.7 Å². The number of hydrogen-bond donors (Lipinski definition) is 0. The molecule has 12 heteroatoms. The highest BCUT2D eigenvalue weighted by molar-refractivity contribution is 9.10. The minimum atomic E-state index is -4.99. The van der Waals surface area contributed by atoms with Crippen molar-refractivity contribution >= 4 is 15.9 Å². The largest absolute Gasteiger partial charge is 0.574 e. The van der Waals surface area contributed by atoms with Crippen LogP contribution in [-0.4, -0.2) is 27.7 Å². The summed E-state index contributed by atoms with van der Waals surface area (Å²) in [6, 6.07) is 6.09. The molecule has 0 saturated heterocycles. The summed E-state index contributed by atoms with van der Waals surface area (Å²) in [5, 5.41) is 0. The molecule has 5 nitrogen and oxygen atoms in total. The maximum absolute atomic E-state index is 12.7. The van der Waals surface area contributed by atoms with E-state index in [4.69, 9.17) is 0 Å².